The first-order valence-electron chi connectivity index (χ1n) is 5.11. The molecule has 1 aromatic carbocycles. The molecule has 1 heterocycles. The van der Waals surface area contributed by atoms with E-state index in [9.17, 15) is 4.39 Å². The highest BCUT2D eigenvalue weighted by atomic mass is 32.1. The van der Waals surface area contributed by atoms with E-state index in [-0.39, 0.29) is 5.82 Å². The number of aryl methyl sites for hydroxylation is 1. The van der Waals surface area contributed by atoms with Crippen LogP contribution in [0.5, 0.6) is 0 Å². The van der Waals surface area contributed by atoms with Gasteiger partial charge in [0.2, 0.25) is 0 Å². The fourth-order valence-electron chi connectivity index (χ4n) is 1.52. The van der Waals surface area contributed by atoms with Gasteiger partial charge < -0.3 is 5.73 Å². The molecule has 0 amide bonds. The first-order valence-corrected chi connectivity index (χ1v) is 5.99. The number of halogens is 1. The van der Waals surface area contributed by atoms with Gasteiger partial charge in [0, 0.05) is 17.4 Å². The van der Waals surface area contributed by atoms with Crippen molar-refractivity contribution >= 4 is 11.3 Å². The molecule has 0 saturated carbocycles. The number of hydrogen-bond acceptors (Lipinski definition) is 3. The lowest BCUT2D eigenvalue weighted by atomic mass is 10.1. The van der Waals surface area contributed by atoms with Gasteiger partial charge in [-0.2, -0.15) is 0 Å². The summed E-state index contributed by atoms with van der Waals surface area (Å²) >= 11 is 1.53. The van der Waals surface area contributed by atoms with Crippen LogP contribution in [0.3, 0.4) is 0 Å². The Hall–Kier alpha value is -1.26. The SMILES string of the molecule is Cc1ccc(F)cc1-c1nc(CCN)cs1. The Bertz CT molecular complexity index is 494. The average molecular weight is 236 g/mol. The number of nitrogens with two attached hydrogens (primary N) is 1. The molecule has 2 N–H and O–H groups in total. The van der Waals surface area contributed by atoms with E-state index in [2.05, 4.69) is 4.98 Å². The molecule has 0 unspecified atom stereocenters. The molecule has 0 radical (unpaired) electrons. The molecule has 0 aliphatic heterocycles. The summed E-state index contributed by atoms with van der Waals surface area (Å²) in [6, 6.07) is 4.77. The highest BCUT2D eigenvalue weighted by Gasteiger charge is 2.08. The molecule has 84 valence electrons. The predicted molar refractivity (Wildman–Crippen MR) is 65.0 cm³/mol. The van der Waals surface area contributed by atoms with E-state index >= 15 is 0 Å². The van der Waals surface area contributed by atoms with Gasteiger partial charge in [-0.3, -0.25) is 0 Å². The zero-order valence-electron chi connectivity index (χ0n) is 9.03. The smallest absolute Gasteiger partial charge is 0.123 e. The van der Waals surface area contributed by atoms with Crippen LogP contribution < -0.4 is 5.73 Å². The summed E-state index contributed by atoms with van der Waals surface area (Å²) in [6.45, 7) is 2.55. The molecular formula is C12H13FN2S. The van der Waals surface area contributed by atoms with E-state index < -0.39 is 0 Å². The lowest BCUT2D eigenvalue weighted by Gasteiger charge is -2.01. The van der Waals surface area contributed by atoms with E-state index in [1.54, 1.807) is 6.07 Å². The molecule has 0 aliphatic rings. The molecule has 0 fully saturated rings. The average Bonchev–Trinajstić information content (AvgIpc) is 2.71. The van der Waals surface area contributed by atoms with E-state index in [0.29, 0.717) is 6.54 Å². The molecule has 0 aliphatic carbocycles. The van der Waals surface area contributed by atoms with E-state index in [0.717, 1.165) is 28.2 Å². The molecule has 4 heteroatoms. The normalized spacial score (nSPS) is 10.7. The second-order valence-electron chi connectivity index (χ2n) is 3.64. The van der Waals surface area contributed by atoms with Gasteiger partial charge in [0.25, 0.3) is 0 Å². The molecule has 2 aromatic rings. The summed E-state index contributed by atoms with van der Waals surface area (Å²) in [5, 5.41) is 2.84. The maximum atomic E-state index is 13.1. The van der Waals surface area contributed by atoms with Crippen LogP contribution >= 0.6 is 11.3 Å². The van der Waals surface area contributed by atoms with Crippen molar-refractivity contribution in [1.82, 2.24) is 4.98 Å². The maximum Gasteiger partial charge on any atom is 0.123 e. The van der Waals surface area contributed by atoms with Crippen LogP contribution in [0.15, 0.2) is 23.6 Å². The standard InChI is InChI=1S/C12H13FN2S/c1-8-2-3-9(13)6-11(8)12-15-10(4-5-14)7-16-12/h2-3,6-7H,4-5,14H2,1H3. The number of aromatic nitrogens is 1. The lowest BCUT2D eigenvalue weighted by molar-refractivity contribution is 0.628. The Morgan fingerprint density at radius 2 is 2.25 bits per heavy atom. The van der Waals surface area contributed by atoms with Gasteiger partial charge in [0.05, 0.1) is 5.69 Å². The second-order valence-corrected chi connectivity index (χ2v) is 4.50. The first-order chi connectivity index (χ1) is 7.70. The zero-order valence-corrected chi connectivity index (χ0v) is 9.85. The van der Waals surface area contributed by atoms with Crippen molar-refractivity contribution in [3.05, 3.63) is 40.7 Å². The van der Waals surface area contributed by atoms with Gasteiger partial charge >= 0.3 is 0 Å². The monoisotopic (exact) mass is 236 g/mol. The molecular weight excluding hydrogens is 223 g/mol. The maximum absolute atomic E-state index is 13.1. The van der Waals surface area contributed by atoms with E-state index in [1.807, 2.05) is 12.3 Å². The lowest BCUT2D eigenvalue weighted by Crippen LogP contribution is -2.02. The van der Waals surface area contributed by atoms with Gasteiger partial charge in [0.1, 0.15) is 10.8 Å². The minimum absolute atomic E-state index is 0.226. The highest BCUT2D eigenvalue weighted by molar-refractivity contribution is 7.13. The Balaban J connectivity index is 2.38. The van der Waals surface area contributed by atoms with Crippen LogP contribution in [0, 0.1) is 12.7 Å². The van der Waals surface area contributed by atoms with Gasteiger partial charge in [-0.05, 0) is 31.2 Å². The van der Waals surface area contributed by atoms with Crippen LogP contribution in [0.4, 0.5) is 4.39 Å². The molecule has 0 spiro atoms. The minimum atomic E-state index is -0.226. The summed E-state index contributed by atoms with van der Waals surface area (Å²) in [4.78, 5) is 4.44. The summed E-state index contributed by atoms with van der Waals surface area (Å²) in [7, 11) is 0. The third-order valence-electron chi connectivity index (χ3n) is 2.38. The number of thiazole rings is 1. The van der Waals surface area contributed by atoms with Crippen molar-refractivity contribution in [3.63, 3.8) is 0 Å². The Kier molecular flexibility index (Phi) is 3.31. The fraction of sp³-hybridized carbons (Fsp3) is 0.250. The van der Waals surface area contributed by atoms with Crippen molar-refractivity contribution in [3.8, 4) is 10.6 Å². The number of hydrogen-bond donors (Lipinski definition) is 1. The molecule has 0 atom stereocenters. The second kappa shape index (κ2) is 4.72. The predicted octanol–water partition coefficient (Wildman–Crippen LogP) is 2.76. The van der Waals surface area contributed by atoms with Crippen LogP contribution in [0.1, 0.15) is 11.3 Å². The molecule has 2 rings (SSSR count). The van der Waals surface area contributed by atoms with Gasteiger partial charge in [-0.1, -0.05) is 6.07 Å². The fourth-order valence-corrected chi connectivity index (χ4v) is 2.45. The Morgan fingerprint density at radius 3 is 3.00 bits per heavy atom. The Morgan fingerprint density at radius 1 is 1.44 bits per heavy atom. The van der Waals surface area contributed by atoms with Crippen molar-refractivity contribution in [2.24, 2.45) is 5.73 Å². The third kappa shape index (κ3) is 2.28. The van der Waals surface area contributed by atoms with E-state index in [4.69, 9.17) is 5.73 Å². The quantitative estimate of drug-likeness (QED) is 0.890. The minimum Gasteiger partial charge on any atom is -0.330 e. The Labute approximate surface area is 97.9 Å². The van der Waals surface area contributed by atoms with Crippen LogP contribution in [0.2, 0.25) is 0 Å². The van der Waals surface area contributed by atoms with Gasteiger partial charge in [0.15, 0.2) is 0 Å². The molecule has 0 bridgehead atoms. The molecule has 16 heavy (non-hydrogen) atoms. The van der Waals surface area contributed by atoms with Crippen LogP contribution in [0.25, 0.3) is 10.6 Å². The van der Waals surface area contributed by atoms with Crippen LogP contribution in [-0.2, 0) is 6.42 Å². The van der Waals surface area contributed by atoms with E-state index in [1.165, 1.54) is 23.5 Å². The third-order valence-corrected chi connectivity index (χ3v) is 3.31. The topological polar surface area (TPSA) is 38.9 Å². The first kappa shape index (κ1) is 11.2. The summed E-state index contributed by atoms with van der Waals surface area (Å²) in [5.41, 5.74) is 8.35. The molecule has 2 nitrogen and oxygen atoms in total. The van der Waals surface area contributed by atoms with Crippen molar-refractivity contribution in [1.29, 1.82) is 0 Å². The van der Waals surface area contributed by atoms with Gasteiger partial charge in [-0.25, -0.2) is 9.37 Å². The molecule has 0 saturated heterocycles. The summed E-state index contributed by atoms with van der Waals surface area (Å²) < 4.78 is 13.1. The van der Waals surface area contributed by atoms with Gasteiger partial charge in [-0.15, -0.1) is 11.3 Å². The number of benzene rings is 1. The summed E-state index contributed by atoms with van der Waals surface area (Å²) in [5.74, 6) is -0.226. The van der Waals surface area contributed by atoms with Crippen molar-refractivity contribution in [2.75, 3.05) is 6.54 Å². The largest absolute Gasteiger partial charge is 0.330 e. The van der Waals surface area contributed by atoms with Crippen molar-refractivity contribution < 1.29 is 4.39 Å². The summed E-state index contributed by atoms with van der Waals surface area (Å²) in [6.07, 6.45) is 0.769. The zero-order chi connectivity index (χ0) is 11.5. The molecule has 1 aromatic heterocycles. The number of nitrogens with zero attached hydrogens (tertiary/aromatic N) is 1. The highest BCUT2D eigenvalue weighted by Crippen LogP contribution is 2.27. The van der Waals surface area contributed by atoms with Crippen molar-refractivity contribution in [2.45, 2.75) is 13.3 Å². The van der Waals surface area contributed by atoms with Crippen LogP contribution in [-0.4, -0.2) is 11.5 Å². The number of rotatable bonds is 3.